The van der Waals surface area contributed by atoms with Crippen molar-refractivity contribution in [2.24, 2.45) is 0 Å². The molecular formula is C27H25ClN4O3. The lowest BCUT2D eigenvalue weighted by Crippen LogP contribution is -2.15. The van der Waals surface area contributed by atoms with E-state index >= 15 is 0 Å². The Labute approximate surface area is 208 Å². The number of nitrogens with zero attached hydrogens (tertiary/aromatic N) is 3. The maximum Gasteiger partial charge on any atom is 0.358 e. The summed E-state index contributed by atoms with van der Waals surface area (Å²) in [7, 11) is 0. The number of pyridine rings is 1. The first-order valence-electron chi connectivity index (χ1n) is 11.3. The number of amides is 1. The summed E-state index contributed by atoms with van der Waals surface area (Å²) < 4.78 is 6.56. The van der Waals surface area contributed by atoms with Crippen molar-refractivity contribution in [3.8, 4) is 16.9 Å². The predicted octanol–water partition coefficient (Wildman–Crippen LogP) is 6.14. The molecule has 0 aliphatic carbocycles. The number of carbonyl (C=O) groups is 2. The number of hydrogen-bond acceptors (Lipinski definition) is 5. The van der Waals surface area contributed by atoms with E-state index in [1.807, 2.05) is 54.6 Å². The number of para-hydroxylation sites is 1. The zero-order valence-corrected chi connectivity index (χ0v) is 20.4. The number of carbonyl (C=O) groups excluding carboxylic acids is 2. The molecule has 0 fully saturated rings. The third-order valence-electron chi connectivity index (χ3n) is 5.31. The lowest BCUT2D eigenvalue weighted by Gasteiger charge is -2.12. The van der Waals surface area contributed by atoms with Crippen molar-refractivity contribution < 1.29 is 14.3 Å². The fraction of sp³-hybridized carbons (Fsp3) is 0.185. The van der Waals surface area contributed by atoms with Crippen LogP contribution in [0.4, 0.5) is 5.82 Å². The van der Waals surface area contributed by atoms with Crippen molar-refractivity contribution >= 4 is 29.3 Å². The third-order valence-corrected chi connectivity index (χ3v) is 5.63. The number of hydrogen-bond donors (Lipinski definition) is 1. The van der Waals surface area contributed by atoms with E-state index in [0.29, 0.717) is 16.5 Å². The first kappa shape index (κ1) is 24.2. The van der Waals surface area contributed by atoms with Gasteiger partial charge in [0, 0.05) is 17.3 Å². The minimum atomic E-state index is -0.575. The van der Waals surface area contributed by atoms with Gasteiger partial charge in [0.25, 0.3) is 5.91 Å². The van der Waals surface area contributed by atoms with Crippen LogP contribution in [-0.2, 0) is 4.74 Å². The van der Waals surface area contributed by atoms with E-state index < -0.39 is 11.9 Å². The van der Waals surface area contributed by atoms with Gasteiger partial charge < -0.3 is 10.1 Å². The molecule has 2 heterocycles. The van der Waals surface area contributed by atoms with Gasteiger partial charge in [0.2, 0.25) is 0 Å². The summed E-state index contributed by atoms with van der Waals surface area (Å²) in [6, 6.07) is 21.7. The maximum atomic E-state index is 13.3. The molecule has 0 bridgehead atoms. The highest BCUT2D eigenvalue weighted by Crippen LogP contribution is 2.27. The fourth-order valence-corrected chi connectivity index (χ4v) is 3.72. The number of ether oxygens (including phenoxy) is 1. The standard InChI is InChI=1S/C27H25ClN4O3/c1-4-35-27(34)24-16-25(32(31-24)19-9-6-5-7-10-19)30-26(33)20-15-18(13-14-21(20)28)23-12-8-11-22(29-23)17(2)3/h5-17H,4H2,1-3H3,(H,30,33). The highest BCUT2D eigenvalue weighted by molar-refractivity contribution is 6.34. The third kappa shape index (κ3) is 5.41. The van der Waals surface area contributed by atoms with Crippen LogP contribution in [0.5, 0.6) is 0 Å². The highest BCUT2D eigenvalue weighted by atomic mass is 35.5. The van der Waals surface area contributed by atoms with Crippen LogP contribution in [0.15, 0.2) is 72.8 Å². The predicted molar refractivity (Wildman–Crippen MR) is 136 cm³/mol. The second kappa shape index (κ2) is 10.5. The van der Waals surface area contributed by atoms with E-state index in [2.05, 4.69) is 24.3 Å². The summed E-state index contributed by atoms with van der Waals surface area (Å²) >= 11 is 6.40. The van der Waals surface area contributed by atoms with Crippen LogP contribution in [0.25, 0.3) is 16.9 Å². The zero-order chi connectivity index (χ0) is 24.9. The minimum absolute atomic E-state index is 0.0838. The highest BCUT2D eigenvalue weighted by Gasteiger charge is 2.20. The average molecular weight is 489 g/mol. The maximum absolute atomic E-state index is 13.3. The molecule has 178 valence electrons. The number of esters is 1. The van der Waals surface area contributed by atoms with Gasteiger partial charge in [0.15, 0.2) is 5.69 Å². The van der Waals surface area contributed by atoms with E-state index in [4.69, 9.17) is 21.3 Å². The van der Waals surface area contributed by atoms with Crippen LogP contribution in [-0.4, -0.2) is 33.2 Å². The lowest BCUT2D eigenvalue weighted by atomic mass is 10.0. The smallest absolute Gasteiger partial charge is 0.358 e. The van der Waals surface area contributed by atoms with Crippen LogP contribution >= 0.6 is 11.6 Å². The van der Waals surface area contributed by atoms with Crippen molar-refractivity contribution in [2.75, 3.05) is 11.9 Å². The fourth-order valence-electron chi connectivity index (χ4n) is 3.52. The summed E-state index contributed by atoms with van der Waals surface area (Å²) in [6.45, 7) is 6.09. The Kier molecular flexibility index (Phi) is 7.27. The molecule has 4 aromatic rings. The molecule has 0 saturated carbocycles. The Morgan fingerprint density at radius 2 is 1.80 bits per heavy atom. The van der Waals surface area contributed by atoms with Gasteiger partial charge in [0.05, 0.1) is 28.6 Å². The normalized spacial score (nSPS) is 10.9. The average Bonchev–Trinajstić information content (AvgIpc) is 3.29. The van der Waals surface area contributed by atoms with Crippen LogP contribution in [0, 0.1) is 0 Å². The summed E-state index contributed by atoms with van der Waals surface area (Å²) in [5.74, 6) is -0.430. The van der Waals surface area contributed by atoms with Crippen LogP contribution < -0.4 is 5.32 Å². The monoisotopic (exact) mass is 488 g/mol. The molecule has 1 N–H and O–H groups in total. The second-order valence-corrected chi connectivity index (χ2v) is 8.54. The van der Waals surface area contributed by atoms with E-state index in [0.717, 1.165) is 17.0 Å². The molecule has 2 aromatic heterocycles. The molecule has 1 amide bonds. The Balaban J connectivity index is 1.69. The molecule has 0 atom stereocenters. The van der Waals surface area contributed by atoms with Gasteiger partial charge in [-0.3, -0.25) is 9.78 Å². The Morgan fingerprint density at radius 3 is 2.51 bits per heavy atom. The van der Waals surface area contributed by atoms with Gasteiger partial charge in [-0.2, -0.15) is 5.10 Å². The Morgan fingerprint density at radius 1 is 1.03 bits per heavy atom. The molecule has 2 aromatic carbocycles. The topological polar surface area (TPSA) is 86.1 Å². The summed E-state index contributed by atoms with van der Waals surface area (Å²) in [5, 5.41) is 7.48. The van der Waals surface area contributed by atoms with Gasteiger partial charge in [0.1, 0.15) is 5.82 Å². The molecule has 0 saturated heterocycles. The van der Waals surface area contributed by atoms with Gasteiger partial charge in [-0.25, -0.2) is 9.48 Å². The largest absolute Gasteiger partial charge is 0.461 e. The summed E-state index contributed by atoms with van der Waals surface area (Å²) in [6.07, 6.45) is 0. The quantitative estimate of drug-likeness (QED) is 0.316. The van der Waals surface area contributed by atoms with E-state index in [1.165, 1.54) is 10.7 Å². The summed E-state index contributed by atoms with van der Waals surface area (Å²) in [4.78, 5) is 30.3. The van der Waals surface area contributed by atoms with Crippen molar-refractivity contribution in [1.82, 2.24) is 14.8 Å². The van der Waals surface area contributed by atoms with Crippen molar-refractivity contribution in [1.29, 1.82) is 0 Å². The first-order chi connectivity index (χ1) is 16.9. The molecule has 35 heavy (non-hydrogen) atoms. The van der Waals surface area contributed by atoms with E-state index in [9.17, 15) is 9.59 Å². The zero-order valence-electron chi connectivity index (χ0n) is 19.7. The molecule has 0 unspecified atom stereocenters. The first-order valence-corrected chi connectivity index (χ1v) is 11.7. The SMILES string of the molecule is CCOC(=O)c1cc(NC(=O)c2cc(-c3cccc(C(C)C)n3)ccc2Cl)n(-c2ccccc2)n1. The molecule has 7 nitrogen and oxygen atoms in total. The van der Waals surface area contributed by atoms with Crippen molar-refractivity contribution in [3.63, 3.8) is 0 Å². The second-order valence-electron chi connectivity index (χ2n) is 8.13. The number of aromatic nitrogens is 3. The number of anilines is 1. The van der Waals surface area contributed by atoms with Gasteiger partial charge in [-0.15, -0.1) is 0 Å². The van der Waals surface area contributed by atoms with Crippen LogP contribution in [0.1, 0.15) is 53.2 Å². The summed E-state index contributed by atoms with van der Waals surface area (Å²) in [5.41, 5.74) is 3.52. The van der Waals surface area contributed by atoms with Gasteiger partial charge in [-0.1, -0.05) is 55.8 Å². The number of halogens is 1. The molecule has 0 aliphatic heterocycles. The molecule has 0 spiro atoms. The van der Waals surface area contributed by atoms with E-state index in [-0.39, 0.29) is 23.8 Å². The van der Waals surface area contributed by atoms with Crippen molar-refractivity contribution in [2.45, 2.75) is 26.7 Å². The Hall–Kier alpha value is -3.97. The molecule has 0 aliphatic rings. The van der Waals surface area contributed by atoms with Crippen LogP contribution in [0.2, 0.25) is 5.02 Å². The number of rotatable bonds is 7. The Bertz CT molecular complexity index is 1370. The van der Waals surface area contributed by atoms with E-state index in [1.54, 1.807) is 19.1 Å². The van der Waals surface area contributed by atoms with Gasteiger partial charge >= 0.3 is 5.97 Å². The molecule has 4 rings (SSSR count). The minimum Gasteiger partial charge on any atom is -0.461 e. The van der Waals surface area contributed by atoms with Crippen LogP contribution in [0.3, 0.4) is 0 Å². The number of nitrogens with one attached hydrogen (secondary N) is 1. The number of benzene rings is 2. The molecule has 0 radical (unpaired) electrons. The molecule has 8 heteroatoms. The van der Waals surface area contributed by atoms with Crippen molar-refractivity contribution in [3.05, 3.63) is 94.8 Å². The molecular weight excluding hydrogens is 464 g/mol. The van der Waals surface area contributed by atoms with Gasteiger partial charge in [-0.05, 0) is 49.2 Å². The lowest BCUT2D eigenvalue weighted by molar-refractivity contribution is 0.0518.